The number of halogens is 2. The van der Waals surface area contributed by atoms with Gasteiger partial charge in [-0.05, 0) is 46.6 Å². The smallest absolute Gasteiger partial charge is 0.358 e. The largest absolute Gasteiger partial charge is 0.390 e. The number of aryl methyl sites for hydroxylation is 1. The Labute approximate surface area is 196 Å². The summed E-state index contributed by atoms with van der Waals surface area (Å²) in [4.78, 5) is 23.5. The van der Waals surface area contributed by atoms with Crippen LogP contribution in [0.3, 0.4) is 0 Å². The maximum atomic E-state index is 12.6. The molecule has 4 rings (SSSR count). The first-order chi connectivity index (χ1) is 15.3. The molecule has 0 spiro atoms. The minimum Gasteiger partial charge on any atom is -0.358 e. The quantitative estimate of drug-likeness (QED) is 0.289. The van der Waals surface area contributed by atoms with Gasteiger partial charge in [0, 0.05) is 6.20 Å². The summed E-state index contributed by atoms with van der Waals surface area (Å²) in [5, 5.41) is 24.7. The molecule has 0 fully saturated rings. The fraction of sp³-hybridized carbons (Fsp3) is 0.150. The average Bonchev–Trinajstić information content (AvgIpc) is 3.47. The van der Waals surface area contributed by atoms with Gasteiger partial charge in [-0.15, -0.1) is 11.3 Å². The van der Waals surface area contributed by atoms with Crippen LogP contribution in [0.2, 0.25) is 10.0 Å². The van der Waals surface area contributed by atoms with Gasteiger partial charge in [0.2, 0.25) is 0 Å². The number of carbonyl (C=O) groups is 1. The molecular formula is C20H16Cl2N6O3S. The first-order valence-electron chi connectivity index (χ1n) is 9.32. The molecule has 1 amide bonds. The van der Waals surface area contributed by atoms with E-state index >= 15 is 0 Å². The summed E-state index contributed by atoms with van der Waals surface area (Å²) in [6.45, 7) is 2.56. The van der Waals surface area contributed by atoms with Gasteiger partial charge in [0.25, 0.3) is 5.91 Å². The third-order valence-electron chi connectivity index (χ3n) is 4.58. The number of thiophene rings is 1. The summed E-state index contributed by atoms with van der Waals surface area (Å²) >= 11 is 13.3. The number of carbonyl (C=O) groups excluding carboxylic acids is 1. The van der Waals surface area contributed by atoms with Crippen LogP contribution in [0.4, 0.5) is 11.5 Å². The number of rotatable bonds is 7. The van der Waals surface area contributed by atoms with E-state index in [1.807, 2.05) is 11.4 Å². The molecule has 0 atom stereocenters. The van der Waals surface area contributed by atoms with Crippen molar-refractivity contribution >= 4 is 52.0 Å². The van der Waals surface area contributed by atoms with E-state index in [0.717, 1.165) is 11.1 Å². The van der Waals surface area contributed by atoms with Crippen molar-refractivity contribution in [2.45, 2.75) is 20.0 Å². The molecule has 0 bridgehead atoms. The summed E-state index contributed by atoms with van der Waals surface area (Å²) in [6, 6.07) is 8.51. The monoisotopic (exact) mass is 490 g/mol. The number of amides is 1. The maximum Gasteiger partial charge on any atom is 0.390 e. The molecule has 9 nitrogen and oxygen atoms in total. The van der Waals surface area contributed by atoms with E-state index in [4.69, 9.17) is 23.2 Å². The van der Waals surface area contributed by atoms with Crippen LogP contribution < -0.4 is 5.32 Å². The van der Waals surface area contributed by atoms with Gasteiger partial charge in [-0.2, -0.15) is 9.78 Å². The standard InChI is InChI=1S/C20H16Cl2N6O3S/c1-12-4-19(28(30)31)25-27(12)9-14-6-18(32-11-14)20(29)24-15-7-23-26(10-15)8-13-2-3-16(21)17(22)5-13/h2-7,10-11H,8-9H2,1H3,(H,24,29). The summed E-state index contributed by atoms with van der Waals surface area (Å²) in [6.07, 6.45) is 3.29. The van der Waals surface area contributed by atoms with Crippen LogP contribution in [-0.2, 0) is 13.1 Å². The van der Waals surface area contributed by atoms with Crippen molar-refractivity contribution in [3.63, 3.8) is 0 Å². The third-order valence-corrected chi connectivity index (χ3v) is 6.30. The van der Waals surface area contributed by atoms with Gasteiger partial charge in [-0.25, -0.2) is 0 Å². The van der Waals surface area contributed by atoms with E-state index in [9.17, 15) is 14.9 Å². The van der Waals surface area contributed by atoms with Crippen molar-refractivity contribution in [2.75, 3.05) is 5.32 Å². The lowest BCUT2D eigenvalue weighted by atomic mass is 10.2. The summed E-state index contributed by atoms with van der Waals surface area (Å²) < 4.78 is 3.22. The second-order valence-corrected chi connectivity index (χ2v) is 8.73. The molecule has 0 saturated carbocycles. The Morgan fingerprint density at radius 1 is 1.19 bits per heavy atom. The van der Waals surface area contributed by atoms with E-state index in [1.54, 1.807) is 42.2 Å². The SMILES string of the molecule is Cc1cc([N+](=O)[O-])nn1Cc1csc(C(=O)Nc2cnn(Cc3ccc(Cl)c(Cl)c3)c2)c1. The topological polar surface area (TPSA) is 108 Å². The van der Waals surface area contributed by atoms with E-state index in [2.05, 4.69) is 15.5 Å². The molecule has 3 aromatic heterocycles. The van der Waals surface area contributed by atoms with Crippen LogP contribution in [0, 0.1) is 17.0 Å². The molecule has 0 unspecified atom stereocenters. The van der Waals surface area contributed by atoms with Crippen LogP contribution in [0.25, 0.3) is 0 Å². The Bertz CT molecular complexity index is 1310. The molecule has 0 aliphatic heterocycles. The summed E-state index contributed by atoms with van der Waals surface area (Å²) in [7, 11) is 0. The molecule has 0 aliphatic rings. The number of nitrogens with zero attached hydrogens (tertiary/aromatic N) is 5. The number of nitrogens with one attached hydrogen (secondary N) is 1. The van der Waals surface area contributed by atoms with Crippen LogP contribution in [-0.4, -0.2) is 30.4 Å². The molecule has 12 heteroatoms. The number of hydrogen-bond acceptors (Lipinski definition) is 6. The molecule has 164 valence electrons. The zero-order valence-electron chi connectivity index (χ0n) is 16.7. The normalized spacial score (nSPS) is 11.0. The highest BCUT2D eigenvalue weighted by atomic mass is 35.5. The van der Waals surface area contributed by atoms with Gasteiger partial charge in [0.15, 0.2) is 0 Å². The molecule has 3 heterocycles. The first kappa shape index (κ1) is 22.0. The zero-order chi connectivity index (χ0) is 22.8. The number of aromatic nitrogens is 4. The van der Waals surface area contributed by atoms with Crippen molar-refractivity contribution in [2.24, 2.45) is 0 Å². The predicted octanol–water partition coefficient (Wildman–Crippen LogP) is 5.01. The van der Waals surface area contributed by atoms with E-state index in [-0.39, 0.29) is 11.7 Å². The van der Waals surface area contributed by atoms with Gasteiger partial charge in [0.05, 0.1) is 56.8 Å². The molecule has 1 N–H and O–H groups in total. The minimum atomic E-state index is -0.530. The molecule has 32 heavy (non-hydrogen) atoms. The fourth-order valence-corrected chi connectivity index (χ4v) is 4.14. The van der Waals surface area contributed by atoms with Gasteiger partial charge < -0.3 is 15.4 Å². The van der Waals surface area contributed by atoms with Gasteiger partial charge >= 0.3 is 5.82 Å². The Morgan fingerprint density at radius 2 is 2.00 bits per heavy atom. The van der Waals surface area contributed by atoms with Gasteiger partial charge in [-0.1, -0.05) is 29.3 Å². The second-order valence-electron chi connectivity index (χ2n) is 7.01. The third kappa shape index (κ3) is 4.98. The number of anilines is 1. The van der Waals surface area contributed by atoms with Crippen molar-refractivity contribution in [3.8, 4) is 0 Å². The summed E-state index contributed by atoms with van der Waals surface area (Å²) in [5.41, 5.74) is 2.99. The molecular weight excluding hydrogens is 475 g/mol. The van der Waals surface area contributed by atoms with E-state index in [0.29, 0.717) is 39.4 Å². The van der Waals surface area contributed by atoms with Crippen molar-refractivity contribution < 1.29 is 9.72 Å². The lowest BCUT2D eigenvalue weighted by Gasteiger charge is -2.03. The Kier molecular flexibility index (Phi) is 6.26. The molecule has 4 aromatic rings. The van der Waals surface area contributed by atoms with E-state index < -0.39 is 4.92 Å². The highest BCUT2D eigenvalue weighted by molar-refractivity contribution is 7.12. The van der Waals surface area contributed by atoms with Crippen molar-refractivity contribution in [1.82, 2.24) is 19.6 Å². The van der Waals surface area contributed by atoms with E-state index in [1.165, 1.54) is 22.1 Å². The van der Waals surface area contributed by atoms with Crippen LogP contribution in [0.15, 0.2) is 48.1 Å². The second kappa shape index (κ2) is 9.11. The molecule has 0 radical (unpaired) electrons. The molecule has 0 aliphatic carbocycles. The average molecular weight is 491 g/mol. The van der Waals surface area contributed by atoms with Crippen LogP contribution in [0.5, 0.6) is 0 Å². The zero-order valence-corrected chi connectivity index (χ0v) is 19.0. The van der Waals surface area contributed by atoms with Crippen LogP contribution >= 0.6 is 34.5 Å². The minimum absolute atomic E-state index is 0.200. The Morgan fingerprint density at radius 3 is 2.72 bits per heavy atom. The fourth-order valence-electron chi connectivity index (χ4n) is 3.02. The Balaban J connectivity index is 1.39. The van der Waals surface area contributed by atoms with Crippen molar-refractivity contribution in [3.05, 3.63) is 90.0 Å². The predicted molar refractivity (Wildman–Crippen MR) is 123 cm³/mol. The van der Waals surface area contributed by atoms with Crippen molar-refractivity contribution in [1.29, 1.82) is 0 Å². The highest BCUT2D eigenvalue weighted by Crippen LogP contribution is 2.23. The number of benzene rings is 1. The molecule has 0 saturated heterocycles. The van der Waals surface area contributed by atoms with Gasteiger partial charge in [-0.3, -0.25) is 9.48 Å². The van der Waals surface area contributed by atoms with Gasteiger partial charge in [0.1, 0.15) is 0 Å². The molecule has 1 aromatic carbocycles. The van der Waals surface area contributed by atoms with Crippen LogP contribution in [0.1, 0.15) is 26.5 Å². The lowest BCUT2D eigenvalue weighted by molar-refractivity contribution is -0.389. The number of hydrogen-bond donors (Lipinski definition) is 1. The Hall–Kier alpha value is -3.21. The lowest BCUT2D eigenvalue weighted by Crippen LogP contribution is -2.10. The first-order valence-corrected chi connectivity index (χ1v) is 11.0. The maximum absolute atomic E-state index is 12.6. The number of nitro groups is 1. The highest BCUT2D eigenvalue weighted by Gasteiger charge is 2.17. The summed E-state index contributed by atoms with van der Waals surface area (Å²) in [5.74, 6) is -0.466.